The number of hydrogen-bond acceptors (Lipinski definition) is 6. The Kier molecular flexibility index (Phi) is 5.58. The Morgan fingerprint density at radius 3 is 2.77 bits per heavy atom. The Morgan fingerprint density at radius 2 is 2.00 bits per heavy atom. The molecule has 2 heterocycles. The highest BCUT2D eigenvalue weighted by atomic mass is 16.5. The number of carbonyl (C=O) groups excluding carboxylic acids is 1. The lowest BCUT2D eigenvalue weighted by molar-refractivity contribution is -0.121. The molecule has 0 aliphatic rings. The Morgan fingerprint density at radius 1 is 1.19 bits per heavy atom. The van der Waals surface area contributed by atoms with Gasteiger partial charge in [0.15, 0.2) is 0 Å². The van der Waals surface area contributed by atoms with Crippen molar-refractivity contribution in [1.82, 2.24) is 20.5 Å². The summed E-state index contributed by atoms with van der Waals surface area (Å²) in [6, 6.07) is 11.5. The summed E-state index contributed by atoms with van der Waals surface area (Å²) in [4.78, 5) is 16.0. The first-order valence-corrected chi connectivity index (χ1v) is 8.29. The SMILES string of the molecule is COc1cc(CNC(=O)CCc2nnc(-c3ccc(C)cc3)o2)ccn1. The van der Waals surface area contributed by atoms with Crippen LogP contribution in [0.3, 0.4) is 0 Å². The first kappa shape index (κ1) is 17.6. The predicted octanol–water partition coefficient (Wildman–Crippen LogP) is 2.70. The van der Waals surface area contributed by atoms with Crippen molar-refractivity contribution in [1.29, 1.82) is 0 Å². The number of ether oxygens (including phenoxy) is 1. The lowest BCUT2D eigenvalue weighted by Gasteiger charge is -2.05. The Labute approximate surface area is 151 Å². The van der Waals surface area contributed by atoms with E-state index in [9.17, 15) is 4.79 Å². The van der Waals surface area contributed by atoms with Gasteiger partial charge in [-0.25, -0.2) is 4.98 Å². The summed E-state index contributed by atoms with van der Waals surface area (Å²) in [7, 11) is 1.56. The molecule has 0 aliphatic carbocycles. The highest BCUT2D eigenvalue weighted by Crippen LogP contribution is 2.18. The average Bonchev–Trinajstić information content (AvgIpc) is 3.14. The molecule has 0 unspecified atom stereocenters. The van der Waals surface area contributed by atoms with Gasteiger partial charge in [0.25, 0.3) is 0 Å². The molecule has 0 bridgehead atoms. The average molecular weight is 352 g/mol. The van der Waals surface area contributed by atoms with Crippen LogP contribution in [0.15, 0.2) is 47.0 Å². The zero-order chi connectivity index (χ0) is 18.4. The third-order valence-corrected chi connectivity index (χ3v) is 3.83. The predicted molar refractivity (Wildman–Crippen MR) is 95.4 cm³/mol. The van der Waals surface area contributed by atoms with Crippen LogP contribution in [0.2, 0.25) is 0 Å². The van der Waals surface area contributed by atoms with Crippen LogP contribution in [0.1, 0.15) is 23.4 Å². The lowest BCUT2D eigenvalue weighted by atomic mass is 10.1. The number of aryl methyl sites for hydroxylation is 2. The fraction of sp³-hybridized carbons (Fsp3) is 0.263. The lowest BCUT2D eigenvalue weighted by Crippen LogP contribution is -2.23. The third-order valence-electron chi connectivity index (χ3n) is 3.83. The molecule has 0 spiro atoms. The van der Waals surface area contributed by atoms with E-state index in [1.54, 1.807) is 19.4 Å². The zero-order valence-electron chi connectivity index (χ0n) is 14.7. The minimum absolute atomic E-state index is 0.0872. The molecule has 0 radical (unpaired) electrons. The number of benzene rings is 1. The summed E-state index contributed by atoms with van der Waals surface area (Å²) >= 11 is 0. The molecular formula is C19H20N4O3. The summed E-state index contributed by atoms with van der Waals surface area (Å²) in [6.07, 6.45) is 2.31. The first-order valence-electron chi connectivity index (χ1n) is 8.29. The summed E-state index contributed by atoms with van der Waals surface area (Å²) in [5, 5.41) is 10.9. The van der Waals surface area contributed by atoms with E-state index in [4.69, 9.17) is 9.15 Å². The van der Waals surface area contributed by atoms with Gasteiger partial charge in [-0.2, -0.15) is 0 Å². The largest absolute Gasteiger partial charge is 0.481 e. The molecule has 26 heavy (non-hydrogen) atoms. The molecule has 0 fully saturated rings. The molecule has 3 aromatic rings. The van der Waals surface area contributed by atoms with Crippen LogP contribution in [0, 0.1) is 6.92 Å². The van der Waals surface area contributed by atoms with Crippen molar-refractivity contribution in [3.63, 3.8) is 0 Å². The summed E-state index contributed by atoms with van der Waals surface area (Å²) in [6.45, 7) is 2.43. The summed E-state index contributed by atoms with van der Waals surface area (Å²) in [5.41, 5.74) is 2.95. The van der Waals surface area contributed by atoms with Crippen molar-refractivity contribution >= 4 is 5.91 Å². The minimum atomic E-state index is -0.0872. The van der Waals surface area contributed by atoms with Gasteiger partial charge in [0, 0.05) is 37.2 Å². The maximum absolute atomic E-state index is 12.0. The second-order valence-electron chi connectivity index (χ2n) is 5.85. The molecule has 1 aromatic carbocycles. The number of methoxy groups -OCH3 is 1. The van der Waals surface area contributed by atoms with Crippen molar-refractivity contribution in [3.8, 4) is 17.3 Å². The van der Waals surface area contributed by atoms with Crippen LogP contribution >= 0.6 is 0 Å². The van der Waals surface area contributed by atoms with Gasteiger partial charge in [0.1, 0.15) is 0 Å². The molecule has 7 nitrogen and oxygen atoms in total. The van der Waals surface area contributed by atoms with Gasteiger partial charge < -0.3 is 14.5 Å². The molecule has 3 rings (SSSR count). The standard InChI is InChI=1S/C19H20N4O3/c1-13-3-5-15(6-4-13)19-23-22-17(26-19)8-7-16(24)21-12-14-9-10-20-18(11-14)25-2/h3-6,9-11H,7-8,12H2,1-2H3,(H,21,24). The number of rotatable bonds is 7. The van der Waals surface area contributed by atoms with Crippen molar-refractivity contribution in [2.75, 3.05) is 7.11 Å². The molecule has 134 valence electrons. The Bertz CT molecular complexity index is 875. The number of hydrogen-bond donors (Lipinski definition) is 1. The van der Waals surface area contributed by atoms with E-state index in [1.165, 1.54) is 0 Å². The highest BCUT2D eigenvalue weighted by Gasteiger charge is 2.10. The quantitative estimate of drug-likeness (QED) is 0.703. The maximum atomic E-state index is 12.0. The minimum Gasteiger partial charge on any atom is -0.481 e. The second-order valence-corrected chi connectivity index (χ2v) is 5.85. The number of carbonyl (C=O) groups is 1. The number of aromatic nitrogens is 3. The molecule has 0 saturated heterocycles. The van der Waals surface area contributed by atoms with E-state index in [-0.39, 0.29) is 12.3 Å². The third kappa shape index (κ3) is 4.66. The van der Waals surface area contributed by atoms with E-state index in [0.717, 1.165) is 16.7 Å². The van der Waals surface area contributed by atoms with Crippen LogP contribution in [0.5, 0.6) is 5.88 Å². The van der Waals surface area contributed by atoms with Gasteiger partial charge >= 0.3 is 0 Å². The monoisotopic (exact) mass is 352 g/mol. The van der Waals surface area contributed by atoms with Crippen LogP contribution in [0.25, 0.3) is 11.5 Å². The highest BCUT2D eigenvalue weighted by molar-refractivity contribution is 5.76. The van der Waals surface area contributed by atoms with Gasteiger partial charge in [0.05, 0.1) is 7.11 Å². The van der Waals surface area contributed by atoms with Crippen LogP contribution in [-0.4, -0.2) is 28.2 Å². The Hall–Kier alpha value is -3.22. The van der Waals surface area contributed by atoms with Crippen LogP contribution in [0.4, 0.5) is 0 Å². The van der Waals surface area contributed by atoms with E-state index in [1.807, 2.05) is 37.3 Å². The van der Waals surface area contributed by atoms with Gasteiger partial charge in [-0.1, -0.05) is 17.7 Å². The van der Waals surface area contributed by atoms with Gasteiger partial charge in [-0.15, -0.1) is 10.2 Å². The molecule has 1 amide bonds. The van der Waals surface area contributed by atoms with E-state index in [2.05, 4.69) is 20.5 Å². The van der Waals surface area contributed by atoms with E-state index >= 15 is 0 Å². The number of pyridine rings is 1. The smallest absolute Gasteiger partial charge is 0.247 e. The van der Waals surface area contributed by atoms with Gasteiger partial charge in [-0.3, -0.25) is 4.79 Å². The zero-order valence-corrected chi connectivity index (χ0v) is 14.7. The molecule has 2 aromatic heterocycles. The molecule has 7 heteroatoms. The molecule has 1 N–H and O–H groups in total. The van der Waals surface area contributed by atoms with Crippen molar-refractivity contribution in [3.05, 3.63) is 59.6 Å². The summed E-state index contributed by atoms with van der Waals surface area (Å²) < 4.78 is 10.7. The van der Waals surface area contributed by atoms with E-state index in [0.29, 0.717) is 30.6 Å². The first-order chi connectivity index (χ1) is 12.6. The fourth-order valence-corrected chi connectivity index (χ4v) is 2.35. The van der Waals surface area contributed by atoms with E-state index < -0.39 is 0 Å². The number of nitrogens with one attached hydrogen (secondary N) is 1. The van der Waals surface area contributed by atoms with Gasteiger partial charge in [0.2, 0.25) is 23.6 Å². The second kappa shape index (κ2) is 8.24. The van der Waals surface area contributed by atoms with Crippen LogP contribution < -0.4 is 10.1 Å². The van der Waals surface area contributed by atoms with Crippen molar-refractivity contribution in [2.24, 2.45) is 0 Å². The Balaban J connectivity index is 1.49. The molecular weight excluding hydrogens is 332 g/mol. The normalized spacial score (nSPS) is 10.5. The molecule has 0 aliphatic heterocycles. The van der Waals surface area contributed by atoms with Crippen molar-refractivity contribution in [2.45, 2.75) is 26.3 Å². The van der Waals surface area contributed by atoms with Gasteiger partial charge in [-0.05, 0) is 30.7 Å². The van der Waals surface area contributed by atoms with Crippen molar-refractivity contribution < 1.29 is 13.9 Å². The van der Waals surface area contributed by atoms with Crippen LogP contribution in [-0.2, 0) is 17.8 Å². The molecule has 0 saturated carbocycles. The summed E-state index contributed by atoms with van der Waals surface area (Å²) in [5.74, 6) is 1.34. The fourth-order valence-electron chi connectivity index (χ4n) is 2.35. The number of nitrogens with zero attached hydrogens (tertiary/aromatic N) is 3. The number of amides is 1. The molecule has 0 atom stereocenters. The maximum Gasteiger partial charge on any atom is 0.247 e. The topological polar surface area (TPSA) is 90.1 Å².